The number of nitrogens with zero attached hydrogens (tertiary/aromatic N) is 1. The second-order valence-corrected chi connectivity index (χ2v) is 6.45. The van der Waals surface area contributed by atoms with Gasteiger partial charge in [0, 0.05) is 24.7 Å². The van der Waals surface area contributed by atoms with Crippen molar-refractivity contribution in [2.45, 2.75) is 51.1 Å². The van der Waals surface area contributed by atoms with E-state index in [2.05, 4.69) is 24.1 Å². The van der Waals surface area contributed by atoms with E-state index in [4.69, 9.17) is 4.74 Å². The number of morpholine rings is 1. The summed E-state index contributed by atoms with van der Waals surface area (Å²) in [6.07, 6.45) is 4.81. The van der Waals surface area contributed by atoms with E-state index < -0.39 is 0 Å². The van der Waals surface area contributed by atoms with Crippen LogP contribution in [0.1, 0.15) is 39.5 Å². The molecule has 4 nitrogen and oxygen atoms in total. The maximum absolute atomic E-state index is 9.88. The normalized spacial score (nSPS) is 33.2. The van der Waals surface area contributed by atoms with Gasteiger partial charge in [-0.15, -0.1) is 0 Å². The number of nitrogens with one attached hydrogen (secondary N) is 1. The third-order valence-electron chi connectivity index (χ3n) is 4.71. The molecule has 0 aromatic rings. The molecule has 2 rings (SSSR count). The molecule has 0 aromatic carbocycles. The van der Waals surface area contributed by atoms with Gasteiger partial charge in [-0.3, -0.25) is 4.90 Å². The third-order valence-corrected chi connectivity index (χ3v) is 4.71. The minimum atomic E-state index is -0.0273. The molecule has 1 saturated heterocycles. The third kappa shape index (κ3) is 3.91. The smallest absolute Gasteiger partial charge is 0.0616 e. The first-order valence-electron chi connectivity index (χ1n) is 7.85. The molecule has 1 aliphatic carbocycles. The monoisotopic (exact) mass is 270 g/mol. The molecule has 2 unspecified atom stereocenters. The van der Waals surface area contributed by atoms with Gasteiger partial charge in [0.25, 0.3) is 0 Å². The maximum Gasteiger partial charge on any atom is 0.0616 e. The number of aliphatic hydroxyl groups is 1. The van der Waals surface area contributed by atoms with E-state index in [1.54, 1.807) is 0 Å². The Hall–Kier alpha value is -0.160. The average molecular weight is 270 g/mol. The van der Waals surface area contributed by atoms with Crippen LogP contribution in [0, 0.1) is 5.92 Å². The van der Waals surface area contributed by atoms with Gasteiger partial charge in [0.05, 0.1) is 19.8 Å². The van der Waals surface area contributed by atoms with Crippen LogP contribution in [0.15, 0.2) is 0 Å². The Morgan fingerprint density at radius 2 is 2.11 bits per heavy atom. The lowest BCUT2D eigenvalue weighted by Crippen LogP contribution is -2.54. The highest BCUT2D eigenvalue weighted by Gasteiger charge is 2.42. The van der Waals surface area contributed by atoms with Crippen LogP contribution in [0.2, 0.25) is 0 Å². The minimum Gasteiger partial charge on any atom is -0.394 e. The van der Waals surface area contributed by atoms with E-state index in [-0.39, 0.29) is 12.1 Å². The Kier molecular flexibility index (Phi) is 5.63. The van der Waals surface area contributed by atoms with Gasteiger partial charge in [0.15, 0.2) is 0 Å². The fourth-order valence-electron chi connectivity index (χ4n) is 3.75. The fraction of sp³-hybridized carbons (Fsp3) is 1.00. The highest BCUT2D eigenvalue weighted by atomic mass is 16.5. The predicted molar refractivity (Wildman–Crippen MR) is 77.3 cm³/mol. The largest absolute Gasteiger partial charge is 0.394 e. The zero-order valence-electron chi connectivity index (χ0n) is 12.5. The summed E-state index contributed by atoms with van der Waals surface area (Å²) in [5, 5.41) is 13.5. The Morgan fingerprint density at radius 1 is 1.37 bits per heavy atom. The summed E-state index contributed by atoms with van der Waals surface area (Å²) >= 11 is 0. The predicted octanol–water partition coefficient (Wildman–Crippen LogP) is 1.24. The first-order chi connectivity index (χ1) is 9.16. The van der Waals surface area contributed by atoms with Crippen molar-refractivity contribution in [3.05, 3.63) is 0 Å². The minimum absolute atomic E-state index is 0.0273. The zero-order chi connectivity index (χ0) is 13.7. The van der Waals surface area contributed by atoms with Crippen LogP contribution in [0.5, 0.6) is 0 Å². The van der Waals surface area contributed by atoms with E-state index in [1.165, 1.54) is 19.3 Å². The van der Waals surface area contributed by atoms with Gasteiger partial charge in [0.2, 0.25) is 0 Å². The Bertz CT molecular complexity index is 267. The summed E-state index contributed by atoms with van der Waals surface area (Å²) in [5.74, 6) is 0.614. The average Bonchev–Trinajstić information content (AvgIpc) is 2.80. The molecule has 0 amide bonds. The molecule has 19 heavy (non-hydrogen) atoms. The molecule has 0 radical (unpaired) electrons. The lowest BCUT2D eigenvalue weighted by atomic mass is 9.84. The van der Waals surface area contributed by atoms with Crippen molar-refractivity contribution in [3.63, 3.8) is 0 Å². The number of ether oxygens (including phenoxy) is 1. The van der Waals surface area contributed by atoms with Crippen molar-refractivity contribution < 1.29 is 9.84 Å². The van der Waals surface area contributed by atoms with Gasteiger partial charge in [-0.25, -0.2) is 0 Å². The van der Waals surface area contributed by atoms with Gasteiger partial charge >= 0.3 is 0 Å². The van der Waals surface area contributed by atoms with Crippen LogP contribution in [0.4, 0.5) is 0 Å². The van der Waals surface area contributed by atoms with Crippen molar-refractivity contribution in [2.24, 2.45) is 5.92 Å². The standard InChI is InChI=1S/C15H30N2O2/c1-13(2)16-15(12-18)6-3-4-14(15)5-7-17-8-10-19-11-9-17/h13-14,16,18H,3-12H2,1-2H3. The maximum atomic E-state index is 9.88. The molecule has 0 bridgehead atoms. The number of hydrogen-bond acceptors (Lipinski definition) is 4. The van der Waals surface area contributed by atoms with Crippen molar-refractivity contribution in [1.29, 1.82) is 0 Å². The molecule has 1 heterocycles. The molecule has 2 aliphatic rings. The SMILES string of the molecule is CC(C)NC1(CO)CCCC1CCN1CCOCC1. The summed E-state index contributed by atoms with van der Waals surface area (Å²) in [5.41, 5.74) is -0.0273. The Balaban J connectivity index is 1.86. The molecular formula is C15H30N2O2. The van der Waals surface area contributed by atoms with Crippen molar-refractivity contribution >= 4 is 0 Å². The van der Waals surface area contributed by atoms with Gasteiger partial charge in [-0.2, -0.15) is 0 Å². The molecule has 2 fully saturated rings. The molecular weight excluding hydrogens is 240 g/mol. The van der Waals surface area contributed by atoms with Gasteiger partial charge in [0.1, 0.15) is 0 Å². The summed E-state index contributed by atoms with van der Waals surface area (Å²) in [6, 6.07) is 0.441. The van der Waals surface area contributed by atoms with Gasteiger partial charge in [-0.1, -0.05) is 20.3 Å². The Morgan fingerprint density at radius 3 is 2.74 bits per heavy atom. The van der Waals surface area contributed by atoms with E-state index in [0.717, 1.165) is 39.3 Å². The molecule has 2 N–H and O–H groups in total. The van der Waals surface area contributed by atoms with E-state index in [0.29, 0.717) is 12.0 Å². The zero-order valence-corrected chi connectivity index (χ0v) is 12.5. The second kappa shape index (κ2) is 7.02. The first-order valence-corrected chi connectivity index (χ1v) is 7.85. The molecule has 4 heteroatoms. The summed E-state index contributed by atoms with van der Waals surface area (Å²) in [6.45, 7) is 9.66. The van der Waals surface area contributed by atoms with Crippen LogP contribution in [-0.2, 0) is 4.74 Å². The van der Waals surface area contributed by atoms with E-state index in [9.17, 15) is 5.11 Å². The molecule has 0 spiro atoms. The number of aliphatic hydroxyl groups excluding tert-OH is 1. The lowest BCUT2D eigenvalue weighted by Gasteiger charge is -2.38. The van der Waals surface area contributed by atoms with Crippen LogP contribution >= 0.6 is 0 Å². The molecule has 2 atom stereocenters. The molecule has 112 valence electrons. The molecule has 0 aromatic heterocycles. The quantitative estimate of drug-likeness (QED) is 0.762. The van der Waals surface area contributed by atoms with E-state index >= 15 is 0 Å². The lowest BCUT2D eigenvalue weighted by molar-refractivity contribution is 0.0307. The fourth-order valence-corrected chi connectivity index (χ4v) is 3.75. The van der Waals surface area contributed by atoms with Crippen LogP contribution in [0.3, 0.4) is 0 Å². The summed E-state index contributed by atoms with van der Waals surface area (Å²) in [7, 11) is 0. The van der Waals surface area contributed by atoms with Gasteiger partial charge in [-0.05, 0) is 31.7 Å². The first kappa shape index (κ1) is 15.2. The van der Waals surface area contributed by atoms with Crippen molar-refractivity contribution in [2.75, 3.05) is 39.5 Å². The van der Waals surface area contributed by atoms with Crippen LogP contribution in [0.25, 0.3) is 0 Å². The molecule has 1 aliphatic heterocycles. The topological polar surface area (TPSA) is 44.7 Å². The van der Waals surface area contributed by atoms with Crippen molar-refractivity contribution in [1.82, 2.24) is 10.2 Å². The molecule has 1 saturated carbocycles. The Labute approximate surface area is 117 Å². The summed E-state index contributed by atoms with van der Waals surface area (Å²) in [4.78, 5) is 2.50. The van der Waals surface area contributed by atoms with Gasteiger partial charge < -0.3 is 15.2 Å². The van der Waals surface area contributed by atoms with Crippen LogP contribution < -0.4 is 5.32 Å². The number of hydrogen-bond donors (Lipinski definition) is 2. The number of rotatable bonds is 6. The van der Waals surface area contributed by atoms with Crippen molar-refractivity contribution in [3.8, 4) is 0 Å². The van der Waals surface area contributed by atoms with E-state index in [1.807, 2.05) is 0 Å². The highest BCUT2D eigenvalue weighted by molar-refractivity contribution is 5.00. The highest BCUT2D eigenvalue weighted by Crippen LogP contribution is 2.38. The summed E-state index contributed by atoms with van der Waals surface area (Å²) < 4.78 is 5.39. The second-order valence-electron chi connectivity index (χ2n) is 6.45. The van der Waals surface area contributed by atoms with Crippen LogP contribution in [-0.4, -0.2) is 61.0 Å².